The molecule has 106 valence electrons. The van der Waals surface area contributed by atoms with Crippen LogP contribution in [0.2, 0.25) is 0 Å². The first kappa shape index (κ1) is 14.3. The van der Waals surface area contributed by atoms with Gasteiger partial charge in [0.1, 0.15) is 0 Å². The zero-order valence-corrected chi connectivity index (χ0v) is 10.8. The monoisotopic (exact) mass is 304 g/mol. The van der Waals surface area contributed by atoms with E-state index in [-0.39, 0.29) is 16.6 Å². The van der Waals surface area contributed by atoms with Crippen molar-refractivity contribution in [2.75, 3.05) is 0 Å². The molecule has 5 nitrogen and oxygen atoms in total. The first-order chi connectivity index (χ1) is 9.29. The average Bonchev–Trinajstić information content (AvgIpc) is 2.76. The normalized spacial score (nSPS) is 11.4. The molecule has 0 aliphatic rings. The molecule has 0 aliphatic carbocycles. The van der Waals surface area contributed by atoms with Crippen LogP contribution >= 0.6 is 11.3 Å². The highest BCUT2D eigenvalue weighted by molar-refractivity contribution is 7.11. The molecule has 0 bridgehead atoms. The molecule has 0 saturated heterocycles. The molecule has 0 unspecified atom stereocenters. The van der Waals surface area contributed by atoms with Gasteiger partial charge in [-0.25, -0.2) is 0 Å². The van der Waals surface area contributed by atoms with E-state index in [0.717, 1.165) is 5.38 Å². The second-order valence-electron chi connectivity index (χ2n) is 3.78. The molecule has 0 spiro atoms. The number of nitro groups is 1. The van der Waals surface area contributed by atoms with Crippen molar-refractivity contribution in [2.45, 2.75) is 13.1 Å². The molecule has 0 amide bonds. The lowest BCUT2D eigenvalue weighted by atomic mass is 10.2. The van der Waals surface area contributed by atoms with Crippen LogP contribution in [0.3, 0.4) is 0 Å². The van der Waals surface area contributed by atoms with Crippen molar-refractivity contribution in [2.24, 2.45) is 0 Å². The summed E-state index contributed by atoms with van der Waals surface area (Å²) in [6, 6.07) is 4.32. The van der Waals surface area contributed by atoms with Crippen molar-refractivity contribution in [1.82, 2.24) is 4.98 Å². The molecule has 0 radical (unpaired) electrons. The highest BCUT2D eigenvalue weighted by Crippen LogP contribution is 2.37. The second kappa shape index (κ2) is 5.08. The van der Waals surface area contributed by atoms with Crippen molar-refractivity contribution >= 4 is 17.0 Å². The summed E-state index contributed by atoms with van der Waals surface area (Å²) < 4.78 is 42.3. The summed E-state index contributed by atoms with van der Waals surface area (Å²) in [5.74, 6) is -0.141. The smallest absolute Gasteiger partial charge is 0.423 e. The standard InChI is InChI=1S/C11H7F3N2O3S/c1-6-3-2-4-7(9(6)16(17)18)19-10-15-8(5-20-10)11(12,13)14/h2-5H,1H3. The maximum absolute atomic E-state index is 12.4. The van der Waals surface area contributed by atoms with Gasteiger partial charge in [-0.2, -0.15) is 18.2 Å². The molecule has 0 saturated carbocycles. The maximum Gasteiger partial charge on any atom is 0.434 e. The highest BCUT2D eigenvalue weighted by atomic mass is 32.1. The number of nitro benzene ring substituents is 1. The Kier molecular flexibility index (Phi) is 3.62. The summed E-state index contributed by atoms with van der Waals surface area (Å²) in [5.41, 5.74) is -1.04. The molecular weight excluding hydrogens is 297 g/mol. The van der Waals surface area contributed by atoms with E-state index in [0.29, 0.717) is 16.9 Å². The van der Waals surface area contributed by atoms with Crippen molar-refractivity contribution in [3.63, 3.8) is 0 Å². The van der Waals surface area contributed by atoms with E-state index in [1.807, 2.05) is 0 Å². The number of alkyl halides is 3. The van der Waals surface area contributed by atoms with Crippen molar-refractivity contribution in [3.05, 3.63) is 45.0 Å². The molecule has 1 heterocycles. The lowest BCUT2D eigenvalue weighted by Gasteiger charge is -2.05. The topological polar surface area (TPSA) is 65.3 Å². The molecule has 2 rings (SSSR count). The fraction of sp³-hybridized carbons (Fsp3) is 0.182. The number of hydrogen-bond donors (Lipinski definition) is 0. The summed E-state index contributed by atoms with van der Waals surface area (Å²) in [6.45, 7) is 1.51. The number of aromatic nitrogens is 1. The Bertz CT molecular complexity index is 655. The fourth-order valence-electron chi connectivity index (χ4n) is 1.48. The third kappa shape index (κ3) is 2.87. The first-order valence-corrected chi connectivity index (χ1v) is 6.11. The van der Waals surface area contributed by atoms with Crippen LogP contribution in [-0.2, 0) is 6.18 Å². The van der Waals surface area contributed by atoms with Gasteiger partial charge in [0.25, 0.3) is 5.19 Å². The van der Waals surface area contributed by atoms with E-state index in [4.69, 9.17) is 4.74 Å². The highest BCUT2D eigenvalue weighted by Gasteiger charge is 2.34. The molecule has 20 heavy (non-hydrogen) atoms. The summed E-state index contributed by atoms with van der Waals surface area (Å²) in [7, 11) is 0. The summed E-state index contributed by atoms with van der Waals surface area (Å²) in [5, 5.41) is 11.4. The quantitative estimate of drug-likeness (QED) is 0.630. The number of thiazole rings is 1. The Morgan fingerprint density at radius 3 is 2.65 bits per heavy atom. The van der Waals surface area contributed by atoms with Gasteiger partial charge in [0.05, 0.1) is 4.92 Å². The van der Waals surface area contributed by atoms with Crippen molar-refractivity contribution in [3.8, 4) is 10.9 Å². The van der Waals surface area contributed by atoms with E-state index in [1.54, 1.807) is 0 Å². The van der Waals surface area contributed by atoms with Gasteiger partial charge < -0.3 is 4.74 Å². The van der Waals surface area contributed by atoms with Crippen LogP contribution in [-0.4, -0.2) is 9.91 Å². The number of para-hydroxylation sites is 1. The lowest BCUT2D eigenvalue weighted by Crippen LogP contribution is -2.05. The van der Waals surface area contributed by atoms with E-state index in [2.05, 4.69) is 4.98 Å². The number of halogens is 3. The Labute approximate surface area is 114 Å². The van der Waals surface area contributed by atoms with Gasteiger partial charge >= 0.3 is 11.9 Å². The molecule has 1 aromatic carbocycles. The molecule has 0 fully saturated rings. The Morgan fingerprint density at radius 2 is 2.10 bits per heavy atom. The second-order valence-corrected chi connectivity index (χ2v) is 4.60. The predicted molar refractivity (Wildman–Crippen MR) is 65.0 cm³/mol. The van der Waals surface area contributed by atoms with Gasteiger partial charge in [-0.15, -0.1) is 0 Å². The van der Waals surface area contributed by atoms with Gasteiger partial charge in [-0.3, -0.25) is 10.1 Å². The van der Waals surface area contributed by atoms with Gasteiger partial charge in [-0.1, -0.05) is 23.5 Å². The maximum atomic E-state index is 12.4. The van der Waals surface area contributed by atoms with Crippen LogP contribution in [0.15, 0.2) is 23.6 Å². The van der Waals surface area contributed by atoms with Gasteiger partial charge in [0.2, 0.25) is 5.75 Å². The summed E-state index contributed by atoms with van der Waals surface area (Å²) >= 11 is 0.622. The first-order valence-electron chi connectivity index (χ1n) is 5.23. The van der Waals surface area contributed by atoms with Crippen molar-refractivity contribution < 1.29 is 22.8 Å². The van der Waals surface area contributed by atoms with Crippen LogP contribution in [0.1, 0.15) is 11.3 Å². The number of hydrogen-bond acceptors (Lipinski definition) is 5. The van der Waals surface area contributed by atoms with Crippen molar-refractivity contribution in [1.29, 1.82) is 0 Å². The van der Waals surface area contributed by atoms with Gasteiger partial charge in [0.15, 0.2) is 5.69 Å². The lowest BCUT2D eigenvalue weighted by molar-refractivity contribution is -0.386. The van der Waals surface area contributed by atoms with Crippen LogP contribution < -0.4 is 4.74 Å². The van der Waals surface area contributed by atoms with Gasteiger partial charge in [-0.05, 0) is 13.0 Å². The minimum Gasteiger partial charge on any atom is -0.423 e. The SMILES string of the molecule is Cc1cccc(Oc2nc(C(F)(F)F)cs2)c1[N+](=O)[O-]. The molecule has 0 aliphatic heterocycles. The Morgan fingerprint density at radius 1 is 1.40 bits per heavy atom. The molecular formula is C11H7F3N2O3S. The summed E-state index contributed by atoms with van der Waals surface area (Å²) in [4.78, 5) is 13.5. The fourth-order valence-corrected chi connectivity index (χ4v) is 2.16. The zero-order valence-electron chi connectivity index (χ0n) is 9.97. The number of nitrogens with zero attached hydrogens (tertiary/aromatic N) is 2. The van der Waals surface area contributed by atoms with Crippen LogP contribution in [0, 0.1) is 17.0 Å². The largest absolute Gasteiger partial charge is 0.434 e. The van der Waals surface area contributed by atoms with Crippen LogP contribution in [0.5, 0.6) is 10.9 Å². The van der Waals surface area contributed by atoms with E-state index in [1.165, 1.54) is 25.1 Å². The van der Waals surface area contributed by atoms with E-state index >= 15 is 0 Å². The van der Waals surface area contributed by atoms with E-state index < -0.39 is 16.8 Å². The number of benzene rings is 1. The Balaban J connectivity index is 2.34. The number of ether oxygens (including phenoxy) is 1. The van der Waals surface area contributed by atoms with Gasteiger partial charge in [0, 0.05) is 10.9 Å². The molecule has 0 N–H and O–H groups in total. The molecule has 9 heteroatoms. The third-order valence-corrected chi connectivity index (χ3v) is 3.07. The number of rotatable bonds is 3. The Hall–Kier alpha value is -2.16. The van der Waals surface area contributed by atoms with Crippen LogP contribution in [0.4, 0.5) is 18.9 Å². The third-order valence-electron chi connectivity index (χ3n) is 2.35. The predicted octanol–water partition coefficient (Wildman–Crippen LogP) is 4.17. The average molecular weight is 304 g/mol. The summed E-state index contributed by atoms with van der Waals surface area (Å²) in [6.07, 6.45) is -4.57. The van der Waals surface area contributed by atoms with Crippen LogP contribution in [0.25, 0.3) is 0 Å². The molecule has 0 atom stereocenters. The minimum atomic E-state index is -4.57. The molecule has 1 aromatic heterocycles. The number of aryl methyl sites for hydroxylation is 1. The molecule has 2 aromatic rings. The van der Waals surface area contributed by atoms with E-state index in [9.17, 15) is 23.3 Å². The minimum absolute atomic E-state index is 0.141. The zero-order chi connectivity index (χ0) is 14.9.